The first-order valence-corrected chi connectivity index (χ1v) is 6.97. The van der Waals surface area contributed by atoms with Crippen LogP contribution in [0.15, 0.2) is 47.6 Å². The van der Waals surface area contributed by atoms with Crippen molar-refractivity contribution in [1.29, 1.82) is 0 Å². The lowest BCUT2D eigenvalue weighted by Gasteiger charge is -2.09. The third kappa shape index (κ3) is 4.34. The maximum atomic E-state index is 11.7. The number of rotatable bonds is 5. The van der Waals surface area contributed by atoms with Crippen molar-refractivity contribution in [2.24, 2.45) is 5.10 Å². The zero-order chi connectivity index (χ0) is 15.9. The summed E-state index contributed by atoms with van der Waals surface area (Å²) in [6.45, 7) is 4.14. The molecular weight excluding hydrogens is 278 g/mol. The van der Waals surface area contributed by atoms with Gasteiger partial charge in [0.2, 0.25) is 0 Å². The quantitative estimate of drug-likeness (QED) is 0.586. The number of carbonyl (C=O) groups excluding carboxylic acids is 1. The van der Waals surface area contributed by atoms with Gasteiger partial charge in [-0.3, -0.25) is 4.79 Å². The largest absolute Gasteiger partial charge is 0.507 e. The minimum Gasteiger partial charge on any atom is -0.507 e. The van der Waals surface area contributed by atoms with E-state index in [1.807, 2.05) is 26.0 Å². The molecular formula is C17H19N3O2. The van der Waals surface area contributed by atoms with Crippen LogP contribution in [-0.2, 0) is 4.79 Å². The molecule has 0 bridgehead atoms. The Hall–Kier alpha value is -2.82. The Morgan fingerprint density at radius 1 is 1.23 bits per heavy atom. The van der Waals surface area contributed by atoms with E-state index in [1.54, 1.807) is 24.3 Å². The van der Waals surface area contributed by atoms with Crippen LogP contribution in [0.1, 0.15) is 16.7 Å². The molecule has 1 amide bonds. The normalized spacial score (nSPS) is 10.6. The average molecular weight is 297 g/mol. The molecule has 0 aliphatic heterocycles. The molecule has 0 aliphatic rings. The fraction of sp³-hybridized carbons (Fsp3) is 0.176. The fourth-order valence-corrected chi connectivity index (χ4v) is 2.00. The topological polar surface area (TPSA) is 73.7 Å². The molecule has 0 radical (unpaired) electrons. The third-order valence-electron chi connectivity index (χ3n) is 3.15. The number of anilines is 1. The number of aryl methyl sites for hydroxylation is 2. The molecule has 2 aromatic rings. The van der Waals surface area contributed by atoms with Crippen molar-refractivity contribution in [2.45, 2.75) is 13.8 Å². The zero-order valence-electron chi connectivity index (χ0n) is 12.6. The van der Waals surface area contributed by atoms with Gasteiger partial charge in [0.05, 0.1) is 12.8 Å². The Kier molecular flexibility index (Phi) is 5.14. The van der Waals surface area contributed by atoms with Crippen LogP contribution in [0.5, 0.6) is 5.75 Å². The Labute approximate surface area is 129 Å². The van der Waals surface area contributed by atoms with Crippen LogP contribution in [0, 0.1) is 13.8 Å². The number of aromatic hydroxyl groups is 1. The molecule has 5 heteroatoms. The Bertz CT molecular complexity index is 696. The van der Waals surface area contributed by atoms with Gasteiger partial charge in [-0.2, -0.15) is 5.10 Å². The summed E-state index contributed by atoms with van der Waals surface area (Å²) >= 11 is 0. The molecule has 0 heterocycles. The van der Waals surface area contributed by atoms with Crippen molar-refractivity contribution < 1.29 is 9.90 Å². The summed E-state index contributed by atoms with van der Waals surface area (Å²) in [4.78, 5) is 11.7. The lowest BCUT2D eigenvalue weighted by atomic mass is 10.1. The van der Waals surface area contributed by atoms with Gasteiger partial charge in [-0.05, 0) is 37.6 Å². The van der Waals surface area contributed by atoms with E-state index in [9.17, 15) is 9.90 Å². The third-order valence-corrected chi connectivity index (χ3v) is 3.15. The molecule has 2 aromatic carbocycles. The number of para-hydroxylation sites is 1. The van der Waals surface area contributed by atoms with Crippen LogP contribution in [-0.4, -0.2) is 23.8 Å². The SMILES string of the molecule is Cc1ccc(NCC(=O)NN=Cc2ccccc2O)c(C)c1. The van der Waals surface area contributed by atoms with E-state index in [0.29, 0.717) is 5.56 Å². The second-order valence-corrected chi connectivity index (χ2v) is 5.02. The van der Waals surface area contributed by atoms with E-state index in [0.717, 1.165) is 11.3 Å². The minimum absolute atomic E-state index is 0.119. The second-order valence-electron chi connectivity index (χ2n) is 5.02. The van der Waals surface area contributed by atoms with E-state index in [1.165, 1.54) is 11.8 Å². The number of hydrogen-bond acceptors (Lipinski definition) is 4. The first-order chi connectivity index (χ1) is 10.6. The van der Waals surface area contributed by atoms with Crippen molar-refractivity contribution in [2.75, 3.05) is 11.9 Å². The average Bonchev–Trinajstić information content (AvgIpc) is 2.48. The van der Waals surface area contributed by atoms with Crippen molar-refractivity contribution in [3.63, 3.8) is 0 Å². The van der Waals surface area contributed by atoms with Crippen LogP contribution in [0.3, 0.4) is 0 Å². The number of amides is 1. The van der Waals surface area contributed by atoms with Crippen molar-refractivity contribution >= 4 is 17.8 Å². The highest BCUT2D eigenvalue weighted by Crippen LogP contribution is 2.15. The van der Waals surface area contributed by atoms with E-state index >= 15 is 0 Å². The number of phenolic OH excluding ortho intramolecular Hbond substituents is 1. The van der Waals surface area contributed by atoms with Crippen LogP contribution in [0.4, 0.5) is 5.69 Å². The molecule has 0 saturated heterocycles. The standard InChI is InChI=1S/C17H19N3O2/c1-12-7-8-15(13(2)9-12)18-11-17(22)20-19-10-14-5-3-4-6-16(14)21/h3-10,18,21H,11H2,1-2H3,(H,20,22). The van der Waals surface area contributed by atoms with Crippen LogP contribution < -0.4 is 10.7 Å². The lowest BCUT2D eigenvalue weighted by molar-refractivity contribution is -0.119. The second kappa shape index (κ2) is 7.26. The number of hydrogen-bond donors (Lipinski definition) is 3. The molecule has 0 unspecified atom stereocenters. The molecule has 0 saturated carbocycles. The molecule has 114 valence electrons. The highest BCUT2D eigenvalue weighted by atomic mass is 16.3. The number of phenols is 1. The summed E-state index contributed by atoms with van der Waals surface area (Å²) in [5, 5.41) is 16.5. The van der Waals surface area contributed by atoms with Crippen molar-refractivity contribution in [3.8, 4) is 5.75 Å². The minimum atomic E-state index is -0.258. The molecule has 22 heavy (non-hydrogen) atoms. The monoisotopic (exact) mass is 297 g/mol. The van der Waals surface area contributed by atoms with Gasteiger partial charge in [0.25, 0.3) is 5.91 Å². The summed E-state index contributed by atoms with van der Waals surface area (Å²) < 4.78 is 0. The first-order valence-electron chi connectivity index (χ1n) is 6.97. The summed E-state index contributed by atoms with van der Waals surface area (Å²) in [6.07, 6.45) is 1.41. The van der Waals surface area contributed by atoms with E-state index in [4.69, 9.17) is 0 Å². The van der Waals surface area contributed by atoms with Crippen molar-refractivity contribution in [3.05, 3.63) is 59.2 Å². The van der Waals surface area contributed by atoms with Gasteiger partial charge in [-0.25, -0.2) is 5.43 Å². The van der Waals surface area contributed by atoms with Gasteiger partial charge in [-0.15, -0.1) is 0 Å². The predicted octanol–water partition coefficient (Wildman–Crippen LogP) is 2.57. The fourth-order valence-electron chi connectivity index (χ4n) is 2.00. The molecule has 3 N–H and O–H groups in total. The molecule has 0 fully saturated rings. The number of carbonyl (C=O) groups is 1. The number of hydrazone groups is 1. The smallest absolute Gasteiger partial charge is 0.259 e. The summed E-state index contributed by atoms with van der Waals surface area (Å²) in [6, 6.07) is 12.8. The molecule has 0 aliphatic carbocycles. The molecule has 5 nitrogen and oxygen atoms in total. The van der Waals surface area contributed by atoms with Gasteiger partial charge in [0, 0.05) is 11.3 Å². The van der Waals surface area contributed by atoms with Crippen LogP contribution in [0.2, 0.25) is 0 Å². The number of benzene rings is 2. The van der Waals surface area contributed by atoms with E-state index in [2.05, 4.69) is 21.9 Å². The van der Waals surface area contributed by atoms with E-state index in [-0.39, 0.29) is 18.2 Å². The van der Waals surface area contributed by atoms with Gasteiger partial charge in [0.15, 0.2) is 0 Å². The highest BCUT2D eigenvalue weighted by molar-refractivity contribution is 5.86. The molecule has 0 spiro atoms. The van der Waals surface area contributed by atoms with Crippen LogP contribution in [0.25, 0.3) is 0 Å². The Balaban J connectivity index is 1.84. The summed E-state index contributed by atoms with van der Waals surface area (Å²) in [7, 11) is 0. The first kappa shape index (κ1) is 15.6. The van der Waals surface area contributed by atoms with Crippen LogP contribution >= 0.6 is 0 Å². The number of nitrogens with zero attached hydrogens (tertiary/aromatic N) is 1. The number of nitrogens with one attached hydrogen (secondary N) is 2. The predicted molar refractivity (Wildman–Crippen MR) is 88.2 cm³/mol. The molecule has 2 rings (SSSR count). The Morgan fingerprint density at radius 3 is 2.73 bits per heavy atom. The molecule has 0 atom stereocenters. The summed E-state index contributed by atoms with van der Waals surface area (Å²) in [5.41, 5.74) is 6.15. The maximum Gasteiger partial charge on any atom is 0.259 e. The van der Waals surface area contributed by atoms with Gasteiger partial charge >= 0.3 is 0 Å². The molecule has 0 aromatic heterocycles. The maximum absolute atomic E-state index is 11.7. The van der Waals surface area contributed by atoms with Gasteiger partial charge in [-0.1, -0.05) is 29.8 Å². The van der Waals surface area contributed by atoms with Gasteiger partial charge < -0.3 is 10.4 Å². The van der Waals surface area contributed by atoms with E-state index < -0.39 is 0 Å². The van der Waals surface area contributed by atoms with Crippen molar-refractivity contribution in [1.82, 2.24) is 5.43 Å². The van der Waals surface area contributed by atoms with Gasteiger partial charge in [0.1, 0.15) is 5.75 Å². The highest BCUT2D eigenvalue weighted by Gasteiger charge is 2.02. The lowest BCUT2D eigenvalue weighted by Crippen LogP contribution is -2.26. The zero-order valence-corrected chi connectivity index (χ0v) is 12.6. The summed E-state index contributed by atoms with van der Waals surface area (Å²) in [5.74, 6) is -0.138. The Morgan fingerprint density at radius 2 is 2.00 bits per heavy atom.